The molecule has 5 rings (SSSR count). The molecule has 0 radical (unpaired) electrons. The van der Waals surface area contributed by atoms with Crippen molar-refractivity contribution >= 4 is 29.0 Å². The maximum atomic E-state index is 15.2. The molecule has 0 bridgehead atoms. The summed E-state index contributed by atoms with van der Waals surface area (Å²) in [6, 6.07) is 1.50. The number of aryl methyl sites for hydroxylation is 1. The van der Waals surface area contributed by atoms with Crippen LogP contribution in [0.25, 0.3) is 5.52 Å². The van der Waals surface area contributed by atoms with Gasteiger partial charge in [-0.2, -0.15) is 13.2 Å². The Labute approximate surface area is 202 Å². The van der Waals surface area contributed by atoms with Crippen LogP contribution in [-0.4, -0.2) is 59.6 Å². The van der Waals surface area contributed by atoms with Crippen LogP contribution in [-0.2, 0) is 4.79 Å². The first-order valence-corrected chi connectivity index (χ1v) is 11.4. The molecule has 2 aromatic rings. The standard InChI is InChI=1S/C21H23FN4O3.C2HF3O2/c1-11-17-14(12-2-3-12)8-15(21(28)29)20(27)26(17)10-16(22)18(11)25-7-4-13(9-25)19-23-5-6-24-19;3-2(4,5)1(6)7/h8,10,12-13H,2-7,9H2,1H3,(H,23,24)(H,28,29);(H,6,7). The maximum absolute atomic E-state index is 15.2. The van der Waals surface area contributed by atoms with Crippen molar-refractivity contribution in [3.8, 4) is 0 Å². The summed E-state index contributed by atoms with van der Waals surface area (Å²) in [7, 11) is 0. The number of aliphatic carboxylic acids is 1. The Kier molecular flexibility index (Phi) is 6.67. The average Bonchev–Trinajstić information content (AvgIpc) is 3.27. The molecular weight excluding hydrogens is 488 g/mol. The molecule has 1 atom stereocenters. The number of amidine groups is 1. The number of carbonyl (C=O) groups excluding carboxylic acids is 1. The molecule has 2 aromatic heterocycles. The lowest BCUT2D eigenvalue weighted by Gasteiger charge is -2.24. The van der Waals surface area contributed by atoms with Crippen molar-refractivity contribution < 1.29 is 42.4 Å². The normalized spacial score (nSPS) is 19.5. The van der Waals surface area contributed by atoms with E-state index in [1.54, 1.807) is 0 Å². The number of halogens is 4. The molecule has 36 heavy (non-hydrogen) atoms. The molecule has 1 unspecified atom stereocenters. The summed E-state index contributed by atoms with van der Waals surface area (Å²) in [5.74, 6) is -3.09. The van der Waals surface area contributed by atoms with Crippen molar-refractivity contribution in [3.05, 3.63) is 45.1 Å². The number of nitrogens with zero attached hydrogens (tertiary/aromatic N) is 2. The lowest BCUT2D eigenvalue weighted by atomic mass is 10.0. The zero-order chi connectivity index (χ0) is 26.4. The van der Waals surface area contributed by atoms with Crippen LogP contribution in [0.5, 0.6) is 0 Å². The Morgan fingerprint density at radius 3 is 2.42 bits per heavy atom. The quantitative estimate of drug-likeness (QED) is 0.473. The number of anilines is 1. The molecule has 9 nitrogen and oxygen atoms in total. The zero-order valence-electron chi connectivity index (χ0n) is 19.2. The number of pyridine rings is 2. The zero-order valence-corrected chi connectivity index (χ0v) is 19.2. The summed E-state index contributed by atoms with van der Waals surface area (Å²) < 4.78 is 48.0. The van der Waals surface area contributed by atoms with Gasteiger partial charge in [0.15, 0.2) is 5.82 Å². The Bertz CT molecular complexity index is 1320. The Morgan fingerprint density at radius 1 is 1.22 bits per heavy atom. The van der Waals surface area contributed by atoms with E-state index in [0.717, 1.165) is 50.3 Å². The predicted octanol–water partition coefficient (Wildman–Crippen LogP) is -0.470. The van der Waals surface area contributed by atoms with Gasteiger partial charge in [-0.05, 0) is 49.3 Å². The smallest absolute Gasteiger partial charge is 0.430 e. The SMILES string of the molecule is Cc1c(N2CCC(C3=[NH+]CCN3)C2)c(F)cn2c(=O)c(C(=O)O)cc(C3CC3)c12.O=C([O-])C(F)(F)F. The minimum atomic E-state index is -5.19. The molecule has 3 aliphatic rings. The number of carboxylic acid groups (broad SMARTS) is 2. The van der Waals surface area contributed by atoms with E-state index in [0.29, 0.717) is 29.2 Å². The van der Waals surface area contributed by atoms with Crippen molar-refractivity contribution in [2.24, 2.45) is 5.92 Å². The van der Waals surface area contributed by atoms with E-state index in [1.807, 2.05) is 6.92 Å². The van der Waals surface area contributed by atoms with Gasteiger partial charge >= 0.3 is 12.1 Å². The third kappa shape index (κ3) is 4.86. The number of aromatic carboxylic acids is 1. The van der Waals surface area contributed by atoms with Crippen LogP contribution in [0.2, 0.25) is 0 Å². The van der Waals surface area contributed by atoms with Gasteiger partial charge in [0.1, 0.15) is 24.6 Å². The van der Waals surface area contributed by atoms with Crippen molar-refractivity contribution in [2.75, 3.05) is 31.1 Å². The van der Waals surface area contributed by atoms with Crippen LogP contribution >= 0.6 is 0 Å². The molecule has 0 amide bonds. The van der Waals surface area contributed by atoms with Crippen LogP contribution in [0.3, 0.4) is 0 Å². The molecule has 2 fully saturated rings. The number of hydrogen-bond acceptors (Lipinski definition) is 6. The van der Waals surface area contributed by atoms with Gasteiger partial charge in [0.2, 0.25) is 5.84 Å². The number of hydrogen-bond donors (Lipinski definition) is 3. The molecule has 0 aromatic carbocycles. The first kappa shape index (κ1) is 25.5. The molecule has 13 heteroatoms. The minimum Gasteiger partial charge on any atom is -0.542 e. The molecule has 3 N–H and O–H groups in total. The van der Waals surface area contributed by atoms with E-state index in [2.05, 4.69) is 15.2 Å². The van der Waals surface area contributed by atoms with Gasteiger partial charge in [-0.15, -0.1) is 0 Å². The first-order chi connectivity index (χ1) is 16.9. The van der Waals surface area contributed by atoms with Crippen LogP contribution < -0.4 is 25.9 Å². The highest BCUT2D eigenvalue weighted by Gasteiger charge is 2.35. The van der Waals surface area contributed by atoms with Gasteiger partial charge in [-0.1, -0.05) is 0 Å². The molecule has 4 heterocycles. The second kappa shape index (κ2) is 9.43. The third-order valence-corrected chi connectivity index (χ3v) is 6.59. The van der Waals surface area contributed by atoms with Crippen LogP contribution in [0.1, 0.15) is 46.7 Å². The van der Waals surface area contributed by atoms with Gasteiger partial charge in [-0.3, -0.25) is 19.5 Å². The van der Waals surface area contributed by atoms with E-state index in [4.69, 9.17) is 9.90 Å². The van der Waals surface area contributed by atoms with E-state index in [-0.39, 0.29) is 11.5 Å². The van der Waals surface area contributed by atoms with Crippen LogP contribution in [0.15, 0.2) is 17.1 Å². The summed E-state index contributed by atoms with van der Waals surface area (Å²) in [6.07, 6.45) is -1.18. The van der Waals surface area contributed by atoms with E-state index >= 15 is 4.39 Å². The fourth-order valence-corrected chi connectivity index (χ4v) is 4.83. The predicted molar refractivity (Wildman–Crippen MR) is 118 cm³/mol. The summed E-state index contributed by atoms with van der Waals surface area (Å²) in [5, 5.41) is 21.6. The number of rotatable bonds is 4. The van der Waals surface area contributed by atoms with Crippen molar-refractivity contribution in [1.29, 1.82) is 0 Å². The Balaban J connectivity index is 0.000000384. The fourth-order valence-electron chi connectivity index (χ4n) is 4.83. The van der Waals surface area contributed by atoms with Gasteiger partial charge in [-0.25, -0.2) is 9.18 Å². The van der Waals surface area contributed by atoms with E-state index < -0.39 is 29.5 Å². The van der Waals surface area contributed by atoms with Gasteiger partial charge in [0.25, 0.3) is 5.56 Å². The number of aromatic nitrogens is 1. The second-order valence-corrected chi connectivity index (χ2v) is 9.05. The van der Waals surface area contributed by atoms with Crippen molar-refractivity contribution in [2.45, 2.75) is 38.3 Å². The molecule has 2 aliphatic heterocycles. The third-order valence-electron chi connectivity index (χ3n) is 6.59. The molecule has 1 aliphatic carbocycles. The number of nitrogens with one attached hydrogen (secondary N) is 2. The summed E-state index contributed by atoms with van der Waals surface area (Å²) >= 11 is 0. The van der Waals surface area contributed by atoms with Crippen molar-refractivity contribution in [1.82, 2.24) is 9.72 Å². The Hall–Kier alpha value is -3.64. The number of alkyl halides is 3. The highest BCUT2D eigenvalue weighted by molar-refractivity contribution is 5.89. The molecule has 0 spiro atoms. The maximum Gasteiger partial charge on any atom is 0.430 e. The number of carboxylic acids is 2. The lowest BCUT2D eigenvalue weighted by Crippen LogP contribution is -2.72. The largest absolute Gasteiger partial charge is 0.542 e. The highest BCUT2D eigenvalue weighted by atomic mass is 19.4. The minimum absolute atomic E-state index is 0.231. The van der Waals surface area contributed by atoms with Crippen molar-refractivity contribution in [3.63, 3.8) is 0 Å². The summed E-state index contributed by atoms with van der Waals surface area (Å²) in [5.41, 5.74) is 1.75. The number of fused-ring (bicyclic) bond motifs is 1. The van der Waals surface area contributed by atoms with Gasteiger partial charge in [0, 0.05) is 13.1 Å². The molecule has 1 saturated carbocycles. The van der Waals surface area contributed by atoms with Crippen LogP contribution in [0, 0.1) is 18.7 Å². The second-order valence-electron chi connectivity index (χ2n) is 9.05. The average molecular weight is 512 g/mol. The fraction of sp³-hybridized carbons (Fsp3) is 0.478. The first-order valence-electron chi connectivity index (χ1n) is 11.4. The van der Waals surface area contributed by atoms with Gasteiger partial charge < -0.3 is 19.9 Å². The topological polar surface area (TPSA) is 128 Å². The molecule has 1 saturated heterocycles. The molecule has 194 valence electrons. The molecular formula is C23H24F4N4O5. The van der Waals surface area contributed by atoms with E-state index in [9.17, 15) is 27.9 Å². The van der Waals surface area contributed by atoms with E-state index in [1.165, 1.54) is 16.7 Å². The number of carbonyl (C=O) groups is 2. The Morgan fingerprint density at radius 2 is 1.89 bits per heavy atom. The summed E-state index contributed by atoms with van der Waals surface area (Å²) in [4.78, 5) is 38.5. The lowest BCUT2D eigenvalue weighted by molar-refractivity contribution is -0.447. The highest BCUT2D eigenvalue weighted by Crippen LogP contribution is 2.44. The summed E-state index contributed by atoms with van der Waals surface area (Å²) in [6.45, 7) is 5.11. The van der Waals surface area contributed by atoms with Gasteiger partial charge in [0.05, 0.1) is 23.3 Å². The monoisotopic (exact) mass is 512 g/mol. The van der Waals surface area contributed by atoms with Crippen LogP contribution in [0.4, 0.5) is 23.2 Å².